The molecule has 27 heavy (non-hydrogen) atoms. The number of hydrogen-bond donors (Lipinski definition) is 0. The van der Waals surface area contributed by atoms with Crippen LogP contribution in [0.4, 0.5) is 0 Å². The molecule has 4 rings (SSSR count). The van der Waals surface area contributed by atoms with Crippen LogP contribution >= 0.6 is 15.9 Å². The van der Waals surface area contributed by atoms with E-state index in [9.17, 15) is 0 Å². The molecule has 4 heteroatoms. The molecular formula is C23H25BrN2O. The van der Waals surface area contributed by atoms with Crippen molar-refractivity contribution in [2.75, 3.05) is 33.2 Å². The van der Waals surface area contributed by atoms with Crippen LogP contribution in [-0.4, -0.2) is 43.0 Å². The van der Waals surface area contributed by atoms with Crippen molar-refractivity contribution >= 4 is 26.7 Å². The molecule has 0 N–H and O–H groups in total. The van der Waals surface area contributed by atoms with Gasteiger partial charge in [0.25, 0.3) is 0 Å². The summed E-state index contributed by atoms with van der Waals surface area (Å²) in [5.74, 6) is 0.996. The van der Waals surface area contributed by atoms with Crippen molar-refractivity contribution < 1.29 is 4.74 Å². The van der Waals surface area contributed by atoms with Gasteiger partial charge in [-0.1, -0.05) is 58.4 Å². The maximum absolute atomic E-state index is 6.28. The fourth-order valence-corrected chi connectivity index (χ4v) is 3.85. The van der Waals surface area contributed by atoms with Crippen LogP contribution in [0.5, 0.6) is 5.75 Å². The molecule has 1 aliphatic heterocycles. The number of nitrogens with zero attached hydrogens (tertiary/aromatic N) is 2. The topological polar surface area (TPSA) is 15.7 Å². The van der Waals surface area contributed by atoms with Crippen molar-refractivity contribution in [1.29, 1.82) is 0 Å². The molecule has 1 fully saturated rings. The van der Waals surface area contributed by atoms with Crippen LogP contribution in [0.2, 0.25) is 0 Å². The number of piperazine rings is 1. The van der Waals surface area contributed by atoms with Gasteiger partial charge in [0.15, 0.2) is 0 Å². The van der Waals surface area contributed by atoms with Gasteiger partial charge in [-0.05, 0) is 41.6 Å². The van der Waals surface area contributed by atoms with E-state index in [1.807, 2.05) is 0 Å². The molecule has 0 unspecified atom stereocenters. The summed E-state index contributed by atoms with van der Waals surface area (Å²) < 4.78 is 7.37. The van der Waals surface area contributed by atoms with E-state index in [0.717, 1.165) is 42.9 Å². The van der Waals surface area contributed by atoms with Crippen LogP contribution < -0.4 is 4.74 Å². The van der Waals surface area contributed by atoms with E-state index >= 15 is 0 Å². The first kappa shape index (κ1) is 18.5. The maximum atomic E-state index is 6.28. The highest BCUT2D eigenvalue weighted by Gasteiger charge is 2.17. The molecule has 1 heterocycles. The second-order valence-electron chi connectivity index (χ2n) is 7.26. The van der Waals surface area contributed by atoms with E-state index < -0.39 is 0 Å². The Hall–Kier alpha value is -1.88. The van der Waals surface area contributed by atoms with Gasteiger partial charge in [0.2, 0.25) is 0 Å². The van der Waals surface area contributed by atoms with Gasteiger partial charge >= 0.3 is 0 Å². The second kappa shape index (κ2) is 8.42. The molecule has 0 radical (unpaired) electrons. The number of ether oxygens (including phenoxy) is 1. The third-order valence-corrected chi connectivity index (χ3v) is 5.81. The Bertz CT molecular complexity index is 902. The minimum atomic E-state index is 0.585. The molecule has 0 amide bonds. The molecule has 0 aromatic heterocycles. The van der Waals surface area contributed by atoms with Crippen molar-refractivity contribution in [3.8, 4) is 5.75 Å². The molecule has 0 atom stereocenters. The Morgan fingerprint density at radius 1 is 0.889 bits per heavy atom. The van der Waals surface area contributed by atoms with Crippen molar-refractivity contribution in [3.63, 3.8) is 0 Å². The lowest BCUT2D eigenvalue weighted by atomic mass is 10.0. The summed E-state index contributed by atoms with van der Waals surface area (Å²) in [6, 6.07) is 21.2. The minimum absolute atomic E-state index is 0.585. The first-order valence-corrected chi connectivity index (χ1v) is 10.3. The van der Waals surface area contributed by atoms with E-state index in [0.29, 0.717) is 6.61 Å². The van der Waals surface area contributed by atoms with Gasteiger partial charge in [0.05, 0.1) is 0 Å². The van der Waals surface area contributed by atoms with Crippen LogP contribution in [0.15, 0.2) is 65.1 Å². The Balaban J connectivity index is 1.59. The average molecular weight is 425 g/mol. The van der Waals surface area contributed by atoms with Crippen LogP contribution in [0.3, 0.4) is 0 Å². The quantitative estimate of drug-likeness (QED) is 0.577. The number of fused-ring (bicyclic) bond motifs is 1. The number of likely N-dealkylation sites (N-methyl/N-ethyl adjacent to an activating group) is 1. The lowest BCUT2D eigenvalue weighted by Crippen LogP contribution is -2.43. The number of rotatable bonds is 5. The molecule has 0 spiro atoms. The minimum Gasteiger partial charge on any atom is -0.489 e. The Labute approximate surface area is 169 Å². The third-order valence-electron chi connectivity index (χ3n) is 5.28. The molecule has 0 saturated carbocycles. The fraction of sp³-hybridized carbons (Fsp3) is 0.304. The van der Waals surface area contributed by atoms with E-state index in [1.54, 1.807) is 0 Å². The smallest absolute Gasteiger partial charge is 0.124 e. The first-order valence-electron chi connectivity index (χ1n) is 9.48. The van der Waals surface area contributed by atoms with Crippen molar-refractivity contribution in [3.05, 3.63) is 76.3 Å². The van der Waals surface area contributed by atoms with E-state index in [1.165, 1.54) is 21.9 Å². The largest absolute Gasteiger partial charge is 0.489 e. The van der Waals surface area contributed by atoms with E-state index in [-0.39, 0.29) is 0 Å². The molecule has 3 aromatic carbocycles. The fourth-order valence-electron chi connectivity index (χ4n) is 3.59. The zero-order valence-electron chi connectivity index (χ0n) is 15.7. The second-order valence-corrected chi connectivity index (χ2v) is 8.17. The molecule has 1 saturated heterocycles. The van der Waals surface area contributed by atoms with Crippen molar-refractivity contribution in [2.24, 2.45) is 0 Å². The molecule has 1 aliphatic rings. The van der Waals surface area contributed by atoms with Gasteiger partial charge in [0.1, 0.15) is 12.4 Å². The standard InChI is InChI=1S/C23H25BrN2O/c1-25-12-14-26(15-13-25)16-22-21-5-3-2-4-19(21)8-11-23(22)27-17-18-6-9-20(24)10-7-18/h2-11H,12-17H2,1H3. The van der Waals surface area contributed by atoms with Gasteiger partial charge in [-0.25, -0.2) is 0 Å². The molecule has 3 aromatic rings. The van der Waals surface area contributed by atoms with E-state index in [4.69, 9.17) is 4.74 Å². The van der Waals surface area contributed by atoms with Crippen molar-refractivity contribution in [1.82, 2.24) is 9.80 Å². The number of benzene rings is 3. The summed E-state index contributed by atoms with van der Waals surface area (Å²) in [6.07, 6.45) is 0. The summed E-state index contributed by atoms with van der Waals surface area (Å²) >= 11 is 3.49. The summed E-state index contributed by atoms with van der Waals surface area (Å²) in [5.41, 5.74) is 2.48. The van der Waals surface area contributed by atoms with Crippen LogP contribution in [0.1, 0.15) is 11.1 Å². The Kier molecular flexibility index (Phi) is 5.77. The lowest BCUT2D eigenvalue weighted by molar-refractivity contribution is 0.147. The van der Waals surface area contributed by atoms with Crippen LogP contribution in [0, 0.1) is 0 Å². The number of halogens is 1. The third kappa shape index (κ3) is 4.52. The molecule has 140 valence electrons. The average Bonchev–Trinajstić information content (AvgIpc) is 2.70. The molecule has 0 bridgehead atoms. The predicted molar refractivity (Wildman–Crippen MR) is 115 cm³/mol. The Morgan fingerprint density at radius 2 is 1.63 bits per heavy atom. The zero-order chi connectivity index (χ0) is 18.6. The number of hydrogen-bond acceptors (Lipinski definition) is 3. The molecule has 3 nitrogen and oxygen atoms in total. The first-order chi connectivity index (χ1) is 13.2. The van der Waals surface area contributed by atoms with E-state index in [2.05, 4.69) is 93.4 Å². The summed E-state index contributed by atoms with van der Waals surface area (Å²) in [5, 5.41) is 2.57. The predicted octanol–water partition coefficient (Wildman–Crippen LogP) is 4.93. The Morgan fingerprint density at radius 3 is 2.41 bits per heavy atom. The van der Waals surface area contributed by atoms with Gasteiger partial charge < -0.3 is 9.64 Å². The summed E-state index contributed by atoms with van der Waals surface area (Å²) in [7, 11) is 2.20. The normalized spacial score (nSPS) is 15.9. The maximum Gasteiger partial charge on any atom is 0.124 e. The van der Waals surface area contributed by atoms with Crippen LogP contribution in [-0.2, 0) is 13.2 Å². The highest BCUT2D eigenvalue weighted by Crippen LogP contribution is 2.30. The van der Waals surface area contributed by atoms with Gasteiger partial charge in [-0.2, -0.15) is 0 Å². The lowest BCUT2D eigenvalue weighted by Gasteiger charge is -2.33. The van der Waals surface area contributed by atoms with Crippen LogP contribution in [0.25, 0.3) is 10.8 Å². The molecular weight excluding hydrogens is 400 g/mol. The monoisotopic (exact) mass is 424 g/mol. The van der Waals surface area contributed by atoms with Crippen molar-refractivity contribution in [2.45, 2.75) is 13.2 Å². The zero-order valence-corrected chi connectivity index (χ0v) is 17.3. The van der Waals surface area contributed by atoms with Gasteiger partial charge in [-0.15, -0.1) is 0 Å². The summed E-state index contributed by atoms with van der Waals surface area (Å²) in [6.45, 7) is 5.98. The SMILES string of the molecule is CN1CCN(Cc2c(OCc3ccc(Br)cc3)ccc3ccccc23)CC1. The summed E-state index contributed by atoms with van der Waals surface area (Å²) in [4.78, 5) is 4.93. The van der Waals surface area contributed by atoms with Gasteiger partial charge in [-0.3, -0.25) is 4.90 Å². The highest BCUT2D eigenvalue weighted by molar-refractivity contribution is 9.10. The molecule has 0 aliphatic carbocycles. The highest BCUT2D eigenvalue weighted by atomic mass is 79.9. The van der Waals surface area contributed by atoms with Gasteiger partial charge in [0, 0.05) is 42.8 Å².